The number of anilines is 2. The molecule has 0 saturated heterocycles. The zero-order chi connectivity index (χ0) is 15.4. The minimum Gasteiger partial charge on any atom is -0.376 e. The van der Waals surface area contributed by atoms with Crippen molar-refractivity contribution in [3.63, 3.8) is 0 Å². The molecule has 0 fully saturated rings. The lowest BCUT2D eigenvalue weighted by molar-refractivity contribution is -0.384. The number of non-ortho nitro benzene ring substituents is 1. The maximum absolute atomic E-state index is 10.7. The second-order valence-corrected chi connectivity index (χ2v) is 4.98. The van der Waals surface area contributed by atoms with E-state index in [1.54, 1.807) is 18.3 Å². The van der Waals surface area contributed by atoms with Gasteiger partial charge in [0.2, 0.25) is 0 Å². The normalized spacial score (nSPS) is 11.8. The summed E-state index contributed by atoms with van der Waals surface area (Å²) < 4.78 is 0. The molecule has 1 aromatic carbocycles. The van der Waals surface area contributed by atoms with Crippen LogP contribution < -0.4 is 10.2 Å². The summed E-state index contributed by atoms with van der Waals surface area (Å²) in [6.45, 7) is 2.01. The van der Waals surface area contributed by atoms with Crippen LogP contribution in [0, 0.1) is 10.1 Å². The maximum atomic E-state index is 10.7. The van der Waals surface area contributed by atoms with Gasteiger partial charge < -0.3 is 10.2 Å². The molecule has 2 aromatic rings. The van der Waals surface area contributed by atoms with Crippen LogP contribution in [0.5, 0.6) is 0 Å². The van der Waals surface area contributed by atoms with Gasteiger partial charge in [-0.25, -0.2) is 4.98 Å². The zero-order valence-corrected chi connectivity index (χ0v) is 12.3. The lowest BCUT2D eigenvalue weighted by Gasteiger charge is -2.21. The van der Waals surface area contributed by atoms with Gasteiger partial charge in [-0.1, -0.05) is 12.1 Å². The van der Waals surface area contributed by atoms with Crippen LogP contribution >= 0.6 is 0 Å². The molecule has 1 heterocycles. The summed E-state index contributed by atoms with van der Waals surface area (Å²) in [5.74, 6) is 0.853. The highest BCUT2D eigenvalue weighted by Crippen LogP contribution is 2.26. The maximum Gasteiger partial charge on any atom is 0.269 e. The van der Waals surface area contributed by atoms with E-state index in [1.165, 1.54) is 12.1 Å². The van der Waals surface area contributed by atoms with Crippen LogP contribution in [0.25, 0.3) is 0 Å². The van der Waals surface area contributed by atoms with Crippen LogP contribution in [0.3, 0.4) is 0 Å². The first-order valence-corrected chi connectivity index (χ1v) is 6.62. The molecule has 2 rings (SSSR count). The zero-order valence-electron chi connectivity index (χ0n) is 12.3. The van der Waals surface area contributed by atoms with Gasteiger partial charge in [0.1, 0.15) is 0 Å². The lowest BCUT2D eigenvalue weighted by atomic mass is 10.1. The first kappa shape index (κ1) is 14.8. The lowest BCUT2D eigenvalue weighted by Crippen LogP contribution is -2.15. The van der Waals surface area contributed by atoms with Crippen molar-refractivity contribution in [1.29, 1.82) is 0 Å². The second kappa shape index (κ2) is 6.21. The molecule has 110 valence electrons. The number of pyridine rings is 1. The molecule has 0 bridgehead atoms. The van der Waals surface area contributed by atoms with E-state index < -0.39 is 4.92 Å². The number of nitro benzene ring substituents is 1. The van der Waals surface area contributed by atoms with Crippen LogP contribution in [-0.2, 0) is 0 Å². The number of hydrogen-bond acceptors (Lipinski definition) is 5. The minimum absolute atomic E-state index is 0.0219. The summed E-state index contributed by atoms with van der Waals surface area (Å²) in [7, 11) is 3.87. The van der Waals surface area contributed by atoms with Crippen molar-refractivity contribution < 1.29 is 4.92 Å². The number of hydrogen-bond donors (Lipinski definition) is 1. The average molecular weight is 286 g/mol. The molecule has 0 spiro atoms. The van der Waals surface area contributed by atoms with Crippen LogP contribution in [0.2, 0.25) is 0 Å². The van der Waals surface area contributed by atoms with Gasteiger partial charge in [0.25, 0.3) is 5.69 Å². The second-order valence-electron chi connectivity index (χ2n) is 4.98. The Morgan fingerprint density at radius 1 is 1.24 bits per heavy atom. The van der Waals surface area contributed by atoms with Gasteiger partial charge in [0.15, 0.2) is 5.82 Å². The van der Waals surface area contributed by atoms with Crippen LogP contribution in [0.1, 0.15) is 18.5 Å². The van der Waals surface area contributed by atoms with Crippen LogP contribution in [0.15, 0.2) is 42.6 Å². The molecule has 6 nitrogen and oxygen atoms in total. The number of nitrogens with one attached hydrogen (secondary N) is 1. The number of nitrogens with zero attached hydrogens (tertiary/aromatic N) is 3. The average Bonchev–Trinajstić information content (AvgIpc) is 2.47. The summed E-state index contributed by atoms with van der Waals surface area (Å²) in [6.07, 6.45) is 1.75. The topological polar surface area (TPSA) is 71.3 Å². The van der Waals surface area contributed by atoms with Crippen LogP contribution in [0.4, 0.5) is 17.2 Å². The molecule has 0 amide bonds. The van der Waals surface area contributed by atoms with Gasteiger partial charge in [-0.15, -0.1) is 0 Å². The third kappa shape index (κ3) is 3.47. The molecule has 6 heteroatoms. The van der Waals surface area contributed by atoms with Gasteiger partial charge in [-0.05, 0) is 24.6 Å². The van der Waals surface area contributed by atoms with E-state index in [9.17, 15) is 10.1 Å². The number of aromatic nitrogens is 1. The van der Waals surface area contributed by atoms with Gasteiger partial charge in [-0.3, -0.25) is 10.1 Å². The Balaban J connectivity index is 2.18. The summed E-state index contributed by atoms with van der Waals surface area (Å²) >= 11 is 0. The Morgan fingerprint density at radius 2 is 1.90 bits per heavy atom. The Hall–Kier alpha value is -2.63. The Labute approximate surface area is 123 Å². The predicted molar refractivity (Wildman–Crippen MR) is 83.7 cm³/mol. The predicted octanol–water partition coefficient (Wildman–Crippen LogP) is 3.23. The Kier molecular flexibility index (Phi) is 4.37. The number of benzene rings is 1. The van der Waals surface area contributed by atoms with Crippen molar-refractivity contribution in [2.75, 3.05) is 24.3 Å². The van der Waals surface area contributed by atoms with Gasteiger partial charge in [0, 0.05) is 38.5 Å². The van der Waals surface area contributed by atoms with Gasteiger partial charge in [-0.2, -0.15) is 0 Å². The van der Waals surface area contributed by atoms with Crippen molar-refractivity contribution >= 4 is 17.2 Å². The summed E-state index contributed by atoms with van der Waals surface area (Å²) in [5, 5.41) is 14.1. The summed E-state index contributed by atoms with van der Waals surface area (Å²) in [4.78, 5) is 16.5. The SMILES string of the molecule is CC(Nc1cccnc1N(C)C)c1ccc([N+](=O)[O-])cc1. The standard InChI is InChI=1S/C15H18N4O2/c1-11(12-6-8-13(9-7-12)19(20)21)17-14-5-4-10-16-15(14)18(2)3/h4-11,17H,1-3H3. The Morgan fingerprint density at radius 3 is 2.48 bits per heavy atom. The van der Waals surface area contributed by atoms with E-state index in [-0.39, 0.29) is 11.7 Å². The first-order valence-electron chi connectivity index (χ1n) is 6.62. The third-order valence-electron chi connectivity index (χ3n) is 3.19. The molecule has 21 heavy (non-hydrogen) atoms. The van der Waals surface area contributed by atoms with E-state index in [2.05, 4.69) is 10.3 Å². The molecule has 0 saturated carbocycles. The van der Waals surface area contributed by atoms with Crippen molar-refractivity contribution in [2.24, 2.45) is 0 Å². The third-order valence-corrected chi connectivity index (χ3v) is 3.19. The molecule has 1 unspecified atom stereocenters. The molecule has 0 aliphatic carbocycles. The van der Waals surface area contributed by atoms with E-state index in [4.69, 9.17) is 0 Å². The molecule has 1 aromatic heterocycles. The fourth-order valence-corrected chi connectivity index (χ4v) is 2.07. The van der Waals surface area contributed by atoms with Gasteiger partial charge in [0.05, 0.1) is 10.6 Å². The van der Waals surface area contributed by atoms with E-state index in [0.717, 1.165) is 17.1 Å². The highest BCUT2D eigenvalue weighted by atomic mass is 16.6. The Bertz CT molecular complexity index is 626. The largest absolute Gasteiger partial charge is 0.376 e. The number of rotatable bonds is 5. The van der Waals surface area contributed by atoms with E-state index in [1.807, 2.05) is 38.1 Å². The smallest absolute Gasteiger partial charge is 0.269 e. The monoisotopic (exact) mass is 286 g/mol. The minimum atomic E-state index is -0.396. The van der Waals surface area contributed by atoms with Gasteiger partial charge >= 0.3 is 0 Å². The molecule has 0 aliphatic heterocycles. The summed E-state index contributed by atoms with van der Waals surface area (Å²) in [6, 6.07) is 10.4. The quantitative estimate of drug-likeness (QED) is 0.675. The molecular formula is C15H18N4O2. The van der Waals surface area contributed by atoms with Crippen molar-refractivity contribution in [1.82, 2.24) is 4.98 Å². The summed E-state index contributed by atoms with van der Waals surface area (Å²) in [5.41, 5.74) is 2.00. The highest BCUT2D eigenvalue weighted by molar-refractivity contribution is 5.65. The fourth-order valence-electron chi connectivity index (χ4n) is 2.07. The first-order chi connectivity index (χ1) is 9.99. The molecular weight excluding hydrogens is 268 g/mol. The fraction of sp³-hybridized carbons (Fsp3) is 0.267. The van der Waals surface area contributed by atoms with Crippen molar-refractivity contribution in [3.05, 3.63) is 58.3 Å². The van der Waals surface area contributed by atoms with E-state index >= 15 is 0 Å². The highest BCUT2D eigenvalue weighted by Gasteiger charge is 2.12. The van der Waals surface area contributed by atoms with Crippen molar-refractivity contribution in [2.45, 2.75) is 13.0 Å². The van der Waals surface area contributed by atoms with Crippen molar-refractivity contribution in [3.8, 4) is 0 Å². The number of nitro groups is 1. The molecule has 1 atom stereocenters. The molecule has 1 N–H and O–H groups in total. The van der Waals surface area contributed by atoms with E-state index in [0.29, 0.717) is 0 Å². The van der Waals surface area contributed by atoms with Crippen LogP contribution in [-0.4, -0.2) is 24.0 Å². The molecule has 0 radical (unpaired) electrons. The molecule has 0 aliphatic rings.